The van der Waals surface area contributed by atoms with E-state index in [0.717, 1.165) is 34.8 Å². The third kappa shape index (κ3) is 4.35. The molecule has 2 nitrogen and oxygen atoms in total. The molecule has 0 atom stereocenters. The SMILES string of the molecule is FC(F)(F)c1ccc(CCc2ncc(-c3ccc(Cl)cc3Cl)[nH]2)cc1. The average Bonchev–Trinajstić information content (AvgIpc) is 3.01. The number of aryl methyl sites for hydroxylation is 2. The van der Waals surface area contributed by atoms with Crippen LogP contribution in [0.2, 0.25) is 10.0 Å². The number of imidazole rings is 1. The van der Waals surface area contributed by atoms with Gasteiger partial charge < -0.3 is 4.98 Å². The molecular weight excluding hydrogens is 372 g/mol. The molecule has 0 bridgehead atoms. The van der Waals surface area contributed by atoms with E-state index in [4.69, 9.17) is 23.2 Å². The molecule has 0 aliphatic rings. The molecular formula is C18H13Cl2F3N2. The van der Waals surface area contributed by atoms with Crippen molar-refractivity contribution < 1.29 is 13.2 Å². The minimum Gasteiger partial charge on any atom is -0.342 e. The van der Waals surface area contributed by atoms with Crippen LogP contribution in [0.5, 0.6) is 0 Å². The van der Waals surface area contributed by atoms with E-state index >= 15 is 0 Å². The maximum Gasteiger partial charge on any atom is 0.416 e. The summed E-state index contributed by atoms with van der Waals surface area (Å²) >= 11 is 12.1. The van der Waals surface area contributed by atoms with Gasteiger partial charge in [0.2, 0.25) is 0 Å². The van der Waals surface area contributed by atoms with E-state index in [2.05, 4.69) is 9.97 Å². The quantitative estimate of drug-likeness (QED) is 0.570. The zero-order valence-electron chi connectivity index (χ0n) is 12.9. The van der Waals surface area contributed by atoms with Gasteiger partial charge in [0, 0.05) is 17.0 Å². The Balaban J connectivity index is 1.68. The van der Waals surface area contributed by atoms with E-state index in [9.17, 15) is 13.2 Å². The Kier molecular flexibility index (Phi) is 5.06. The van der Waals surface area contributed by atoms with Crippen molar-refractivity contribution in [2.24, 2.45) is 0 Å². The van der Waals surface area contributed by atoms with Crippen molar-refractivity contribution in [3.05, 3.63) is 75.7 Å². The first-order valence-corrected chi connectivity index (χ1v) is 8.24. The lowest BCUT2D eigenvalue weighted by molar-refractivity contribution is -0.137. The topological polar surface area (TPSA) is 28.7 Å². The highest BCUT2D eigenvalue weighted by Crippen LogP contribution is 2.30. The minimum absolute atomic E-state index is 0.519. The summed E-state index contributed by atoms with van der Waals surface area (Å²) < 4.78 is 37.7. The summed E-state index contributed by atoms with van der Waals surface area (Å²) in [5.74, 6) is 0.737. The van der Waals surface area contributed by atoms with Gasteiger partial charge in [0.15, 0.2) is 0 Å². The standard InChI is InChI=1S/C18H13Cl2F3N2/c19-13-6-7-14(15(20)9-13)16-10-24-17(25-16)8-3-11-1-4-12(5-2-11)18(21,22)23/h1-2,4-7,9-10H,3,8H2,(H,24,25). The van der Waals surface area contributed by atoms with Gasteiger partial charge in [-0.3, -0.25) is 0 Å². The molecule has 3 rings (SSSR count). The Morgan fingerprint density at radius 3 is 2.32 bits per heavy atom. The zero-order valence-corrected chi connectivity index (χ0v) is 14.4. The maximum absolute atomic E-state index is 12.6. The van der Waals surface area contributed by atoms with Crippen molar-refractivity contribution in [2.75, 3.05) is 0 Å². The number of alkyl halides is 3. The fraction of sp³-hybridized carbons (Fsp3) is 0.167. The van der Waals surface area contributed by atoms with Gasteiger partial charge in [-0.25, -0.2) is 4.98 Å². The summed E-state index contributed by atoms with van der Waals surface area (Å²) in [5.41, 5.74) is 1.73. The second kappa shape index (κ2) is 7.10. The summed E-state index contributed by atoms with van der Waals surface area (Å²) in [4.78, 5) is 7.48. The molecule has 2 aromatic carbocycles. The highest BCUT2D eigenvalue weighted by Gasteiger charge is 2.29. The van der Waals surface area contributed by atoms with Gasteiger partial charge in [0.05, 0.1) is 22.5 Å². The minimum atomic E-state index is -4.31. The monoisotopic (exact) mass is 384 g/mol. The lowest BCUT2D eigenvalue weighted by atomic mass is 10.1. The Bertz CT molecular complexity index is 871. The highest BCUT2D eigenvalue weighted by atomic mass is 35.5. The van der Waals surface area contributed by atoms with Gasteiger partial charge in [-0.15, -0.1) is 0 Å². The number of rotatable bonds is 4. The number of hydrogen-bond donors (Lipinski definition) is 1. The molecule has 1 aromatic heterocycles. The van der Waals surface area contributed by atoms with E-state index in [1.54, 1.807) is 24.4 Å². The van der Waals surface area contributed by atoms with Crippen LogP contribution in [0, 0.1) is 0 Å². The van der Waals surface area contributed by atoms with Crippen LogP contribution in [0.4, 0.5) is 13.2 Å². The largest absolute Gasteiger partial charge is 0.416 e. The molecule has 3 aromatic rings. The average molecular weight is 385 g/mol. The Morgan fingerprint density at radius 1 is 0.960 bits per heavy atom. The van der Waals surface area contributed by atoms with Crippen molar-refractivity contribution in [1.29, 1.82) is 0 Å². The van der Waals surface area contributed by atoms with Crippen LogP contribution in [0.3, 0.4) is 0 Å². The molecule has 0 fully saturated rings. The first-order chi connectivity index (χ1) is 11.8. The number of halogens is 5. The third-order valence-electron chi connectivity index (χ3n) is 3.78. The maximum atomic E-state index is 12.6. The van der Waals surface area contributed by atoms with E-state index < -0.39 is 11.7 Å². The fourth-order valence-electron chi connectivity index (χ4n) is 2.46. The van der Waals surface area contributed by atoms with Crippen molar-refractivity contribution in [3.8, 4) is 11.3 Å². The normalized spacial score (nSPS) is 11.7. The van der Waals surface area contributed by atoms with E-state index in [1.165, 1.54) is 12.1 Å². The van der Waals surface area contributed by atoms with E-state index in [1.807, 2.05) is 0 Å². The molecule has 1 N–H and O–H groups in total. The second-order valence-electron chi connectivity index (χ2n) is 5.56. The molecule has 0 radical (unpaired) electrons. The Morgan fingerprint density at radius 2 is 1.68 bits per heavy atom. The van der Waals surface area contributed by atoms with Gasteiger partial charge in [0.1, 0.15) is 5.82 Å². The summed E-state index contributed by atoms with van der Waals surface area (Å²) in [5, 5.41) is 1.07. The van der Waals surface area contributed by atoms with Crippen molar-refractivity contribution >= 4 is 23.2 Å². The molecule has 0 amide bonds. The van der Waals surface area contributed by atoms with Gasteiger partial charge in [-0.1, -0.05) is 35.3 Å². The molecule has 0 aliphatic heterocycles. The van der Waals surface area contributed by atoms with Gasteiger partial charge in [-0.05, 0) is 42.3 Å². The second-order valence-corrected chi connectivity index (χ2v) is 6.41. The predicted octanol–water partition coefficient (Wildman–Crippen LogP) is 6.19. The number of benzene rings is 2. The van der Waals surface area contributed by atoms with E-state index in [0.29, 0.717) is 22.9 Å². The molecule has 1 heterocycles. The van der Waals surface area contributed by atoms with Crippen LogP contribution in [0.15, 0.2) is 48.7 Å². The third-order valence-corrected chi connectivity index (χ3v) is 4.33. The predicted molar refractivity (Wildman–Crippen MR) is 92.9 cm³/mol. The summed E-state index contributed by atoms with van der Waals surface area (Å²) in [6, 6.07) is 10.4. The number of aromatic amines is 1. The smallest absolute Gasteiger partial charge is 0.342 e. The molecule has 0 saturated carbocycles. The lowest BCUT2D eigenvalue weighted by Gasteiger charge is -2.07. The fourth-order valence-corrected chi connectivity index (χ4v) is 2.97. The van der Waals surface area contributed by atoms with Gasteiger partial charge >= 0.3 is 6.18 Å². The summed E-state index contributed by atoms with van der Waals surface area (Å²) in [7, 11) is 0. The Labute approximate surface area is 152 Å². The summed E-state index contributed by atoms with van der Waals surface area (Å²) in [6.45, 7) is 0. The van der Waals surface area contributed by atoms with Crippen LogP contribution < -0.4 is 0 Å². The molecule has 0 unspecified atom stereocenters. The molecule has 0 saturated heterocycles. The van der Waals surface area contributed by atoms with Gasteiger partial charge in [-0.2, -0.15) is 13.2 Å². The lowest BCUT2D eigenvalue weighted by Crippen LogP contribution is -2.04. The van der Waals surface area contributed by atoms with Crippen LogP contribution in [-0.4, -0.2) is 9.97 Å². The number of hydrogen-bond acceptors (Lipinski definition) is 1. The molecule has 7 heteroatoms. The summed E-state index contributed by atoms with van der Waals surface area (Å²) in [6.07, 6.45) is -1.47. The molecule has 0 aliphatic carbocycles. The van der Waals surface area contributed by atoms with Crippen LogP contribution in [0.25, 0.3) is 11.3 Å². The number of aromatic nitrogens is 2. The number of nitrogens with one attached hydrogen (secondary N) is 1. The van der Waals surface area contributed by atoms with Crippen LogP contribution in [-0.2, 0) is 19.0 Å². The van der Waals surface area contributed by atoms with Gasteiger partial charge in [0.25, 0.3) is 0 Å². The van der Waals surface area contributed by atoms with Crippen LogP contribution >= 0.6 is 23.2 Å². The van der Waals surface area contributed by atoms with Crippen molar-refractivity contribution in [2.45, 2.75) is 19.0 Å². The first-order valence-electron chi connectivity index (χ1n) is 7.48. The number of H-pyrrole nitrogens is 1. The van der Waals surface area contributed by atoms with E-state index in [-0.39, 0.29) is 0 Å². The first kappa shape index (κ1) is 17.8. The highest BCUT2D eigenvalue weighted by molar-refractivity contribution is 6.36. The molecule has 130 valence electrons. The van der Waals surface area contributed by atoms with Crippen molar-refractivity contribution in [3.63, 3.8) is 0 Å². The van der Waals surface area contributed by atoms with Crippen LogP contribution in [0.1, 0.15) is 17.0 Å². The molecule has 0 spiro atoms. The molecule has 25 heavy (non-hydrogen) atoms. The zero-order chi connectivity index (χ0) is 18.0. The van der Waals surface area contributed by atoms with Crippen molar-refractivity contribution in [1.82, 2.24) is 9.97 Å². The number of nitrogens with zero attached hydrogens (tertiary/aromatic N) is 1. The Hall–Kier alpha value is -1.98.